The first-order valence-electron chi connectivity index (χ1n) is 8.52. The molecular formula is C18H29Cl2N3O. The van der Waals surface area contributed by atoms with Crippen molar-refractivity contribution in [3.05, 3.63) is 35.9 Å². The van der Waals surface area contributed by atoms with Gasteiger partial charge in [-0.05, 0) is 24.8 Å². The van der Waals surface area contributed by atoms with Crippen molar-refractivity contribution in [1.82, 2.24) is 9.80 Å². The maximum absolute atomic E-state index is 12.7. The fraction of sp³-hybridized carbons (Fsp3) is 0.611. The van der Waals surface area contributed by atoms with E-state index in [1.165, 1.54) is 5.56 Å². The second-order valence-corrected chi connectivity index (χ2v) is 6.77. The summed E-state index contributed by atoms with van der Waals surface area (Å²) >= 11 is 0. The van der Waals surface area contributed by atoms with Gasteiger partial charge in [0.15, 0.2) is 0 Å². The first kappa shape index (κ1) is 21.2. The molecule has 2 N–H and O–H groups in total. The van der Waals surface area contributed by atoms with Crippen LogP contribution in [0.3, 0.4) is 0 Å². The molecule has 1 amide bonds. The van der Waals surface area contributed by atoms with Crippen molar-refractivity contribution < 1.29 is 4.79 Å². The second kappa shape index (κ2) is 9.62. The molecule has 0 atom stereocenters. The number of benzene rings is 1. The van der Waals surface area contributed by atoms with Crippen molar-refractivity contribution in [2.45, 2.75) is 44.2 Å². The summed E-state index contributed by atoms with van der Waals surface area (Å²) in [5.74, 6) is 0.187. The molecule has 0 aromatic heterocycles. The van der Waals surface area contributed by atoms with Crippen LogP contribution in [0, 0.1) is 0 Å². The van der Waals surface area contributed by atoms with Crippen molar-refractivity contribution in [3.8, 4) is 0 Å². The predicted octanol–water partition coefficient (Wildman–Crippen LogP) is 2.84. The van der Waals surface area contributed by atoms with Crippen LogP contribution in [0.5, 0.6) is 0 Å². The number of nitrogens with zero attached hydrogens (tertiary/aromatic N) is 2. The van der Waals surface area contributed by atoms with Crippen LogP contribution < -0.4 is 5.73 Å². The lowest BCUT2D eigenvalue weighted by atomic mass is 9.97. The van der Waals surface area contributed by atoms with Gasteiger partial charge in [-0.25, -0.2) is 0 Å². The maximum atomic E-state index is 12.7. The molecule has 1 aromatic carbocycles. The quantitative estimate of drug-likeness (QED) is 0.885. The Kier molecular flexibility index (Phi) is 8.51. The summed E-state index contributed by atoms with van der Waals surface area (Å²) in [5, 5.41) is 0. The summed E-state index contributed by atoms with van der Waals surface area (Å²) < 4.78 is 0. The predicted molar refractivity (Wildman–Crippen MR) is 103 cm³/mol. The van der Waals surface area contributed by atoms with Crippen molar-refractivity contribution in [2.24, 2.45) is 5.73 Å². The third kappa shape index (κ3) is 5.09. The van der Waals surface area contributed by atoms with Crippen molar-refractivity contribution in [3.63, 3.8) is 0 Å². The molecule has 0 bridgehead atoms. The largest absolute Gasteiger partial charge is 0.340 e. The molecule has 0 unspecified atom stereocenters. The van der Waals surface area contributed by atoms with E-state index in [9.17, 15) is 4.79 Å². The Hall–Kier alpha value is -0.810. The van der Waals surface area contributed by atoms with Crippen molar-refractivity contribution >= 4 is 30.7 Å². The lowest BCUT2D eigenvalue weighted by molar-refractivity contribution is -0.136. The molecule has 2 aliphatic rings. The van der Waals surface area contributed by atoms with E-state index < -0.39 is 5.54 Å². The summed E-state index contributed by atoms with van der Waals surface area (Å²) in [6.45, 7) is 4.62. The van der Waals surface area contributed by atoms with Gasteiger partial charge in [-0.15, -0.1) is 24.8 Å². The molecule has 1 heterocycles. The van der Waals surface area contributed by atoms with Crippen LogP contribution >= 0.6 is 24.8 Å². The highest BCUT2D eigenvalue weighted by atomic mass is 35.5. The van der Waals surface area contributed by atoms with Gasteiger partial charge in [-0.2, -0.15) is 0 Å². The topological polar surface area (TPSA) is 49.6 Å². The zero-order valence-corrected chi connectivity index (χ0v) is 15.8. The van der Waals surface area contributed by atoms with E-state index in [4.69, 9.17) is 5.73 Å². The lowest BCUT2D eigenvalue weighted by Gasteiger charge is -2.30. The minimum absolute atomic E-state index is 0. The monoisotopic (exact) mass is 373 g/mol. The van der Waals surface area contributed by atoms with E-state index in [0.29, 0.717) is 0 Å². The Morgan fingerprint density at radius 2 is 1.62 bits per heavy atom. The standard InChI is InChI=1S/C18H27N3O.2ClH/c19-18(9-4-5-10-18)17(22)21-12-6-11-20(13-14-21)15-16-7-2-1-3-8-16;;/h1-3,7-8H,4-6,9-15,19H2;2*1H. The van der Waals surface area contributed by atoms with E-state index in [1.807, 2.05) is 4.90 Å². The fourth-order valence-corrected chi connectivity index (χ4v) is 3.71. The van der Waals surface area contributed by atoms with E-state index in [0.717, 1.165) is 64.8 Å². The van der Waals surface area contributed by atoms with Gasteiger partial charge in [-0.1, -0.05) is 43.2 Å². The number of hydrogen-bond acceptors (Lipinski definition) is 3. The van der Waals surface area contributed by atoms with Gasteiger partial charge >= 0.3 is 0 Å². The van der Waals surface area contributed by atoms with E-state index >= 15 is 0 Å². The first-order chi connectivity index (χ1) is 10.7. The van der Waals surface area contributed by atoms with Gasteiger partial charge in [-0.3, -0.25) is 9.69 Å². The SMILES string of the molecule is Cl.Cl.NC1(C(=O)N2CCCN(Cc3ccccc3)CC2)CCCC1. The first-order valence-corrected chi connectivity index (χ1v) is 8.52. The molecule has 6 heteroatoms. The van der Waals surface area contributed by atoms with Gasteiger partial charge < -0.3 is 10.6 Å². The Morgan fingerprint density at radius 1 is 0.958 bits per heavy atom. The van der Waals surface area contributed by atoms with Gasteiger partial charge in [0.25, 0.3) is 0 Å². The molecule has 24 heavy (non-hydrogen) atoms. The molecule has 1 saturated heterocycles. The number of amides is 1. The molecule has 3 rings (SSSR count). The highest BCUT2D eigenvalue weighted by Crippen LogP contribution is 2.29. The average Bonchev–Trinajstić information content (AvgIpc) is 2.86. The van der Waals surface area contributed by atoms with Crippen LogP contribution in [0.2, 0.25) is 0 Å². The maximum Gasteiger partial charge on any atom is 0.242 e. The zero-order valence-electron chi connectivity index (χ0n) is 14.2. The summed E-state index contributed by atoms with van der Waals surface area (Å²) in [5.41, 5.74) is 7.10. The summed E-state index contributed by atoms with van der Waals surface area (Å²) in [4.78, 5) is 17.2. The summed E-state index contributed by atoms with van der Waals surface area (Å²) in [6.07, 6.45) is 4.94. The highest BCUT2D eigenvalue weighted by molar-refractivity contribution is 5.86. The minimum Gasteiger partial charge on any atom is -0.340 e. The number of halogens is 2. The molecular weight excluding hydrogens is 345 g/mol. The third-order valence-corrected chi connectivity index (χ3v) is 5.05. The highest BCUT2D eigenvalue weighted by Gasteiger charge is 2.40. The molecule has 1 saturated carbocycles. The molecule has 136 valence electrons. The molecule has 1 aromatic rings. The molecule has 4 nitrogen and oxygen atoms in total. The number of nitrogens with two attached hydrogens (primary N) is 1. The Bertz CT molecular complexity index is 506. The summed E-state index contributed by atoms with van der Waals surface area (Å²) in [6, 6.07) is 10.6. The second-order valence-electron chi connectivity index (χ2n) is 6.77. The van der Waals surface area contributed by atoms with E-state index in [-0.39, 0.29) is 30.7 Å². The van der Waals surface area contributed by atoms with E-state index in [2.05, 4.69) is 35.2 Å². The molecule has 1 aliphatic carbocycles. The van der Waals surface area contributed by atoms with Crippen molar-refractivity contribution in [1.29, 1.82) is 0 Å². The number of carbonyl (C=O) groups excluding carboxylic acids is 1. The minimum atomic E-state index is -0.575. The van der Waals surface area contributed by atoms with Gasteiger partial charge in [0.2, 0.25) is 5.91 Å². The lowest BCUT2D eigenvalue weighted by Crippen LogP contribution is -2.54. The van der Waals surface area contributed by atoms with Gasteiger partial charge in [0.1, 0.15) is 0 Å². The molecule has 0 radical (unpaired) electrons. The Labute approximate surface area is 157 Å². The number of hydrogen-bond donors (Lipinski definition) is 1. The normalized spacial score (nSPS) is 20.6. The average molecular weight is 374 g/mol. The van der Waals surface area contributed by atoms with Gasteiger partial charge in [0.05, 0.1) is 5.54 Å². The van der Waals surface area contributed by atoms with Crippen LogP contribution in [-0.4, -0.2) is 47.4 Å². The fourth-order valence-electron chi connectivity index (χ4n) is 3.71. The molecule has 1 aliphatic heterocycles. The Balaban J connectivity index is 0.00000144. The smallest absolute Gasteiger partial charge is 0.242 e. The van der Waals surface area contributed by atoms with Crippen LogP contribution in [0.1, 0.15) is 37.7 Å². The van der Waals surface area contributed by atoms with Crippen LogP contribution in [0.4, 0.5) is 0 Å². The Morgan fingerprint density at radius 3 is 2.29 bits per heavy atom. The number of rotatable bonds is 3. The summed E-state index contributed by atoms with van der Waals surface area (Å²) in [7, 11) is 0. The third-order valence-electron chi connectivity index (χ3n) is 5.05. The zero-order chi connectivity index (χ0) is 15.4. The van der Waals surface area contributed by atoms with Crippen LogP contribution in [0.25, 0.3) is 0 Å². The van der Waals surface area contributed by atoms with E-state index in [1.54, 1.807) is 0 Å². The molecule has 0 spiro atoms. The molecule has 2 fully saturated rings. The van der Waals surface area contributed by atoms with Crippen LogP contribution in [0.15, 0.2) is 30.3 Å². The van der Waals surface area contributed by atoms with Crippen molar-refractivity contribution in [2.75, 3.05) is 26.2 Å². The van der Waals surface area contributed by atoms with Crippen LogP contribution in [-0.2, 0) is 11.3 Å². The van der Waals surface area contributed by atoms with Gasteiger partial charge in [0, 0.05) is 32.7 Å². The number of carbonyl (C=O) groups is 1.